The second-order valence-corrected chi connectivity index (χ2v) is 7.40. The first-order valence-electron chi connectivity index (χ1n) is 7.20. The minimum absolute atomic E-state index is 0.00702. The summed E-state index contributed by atoms with van der Waals surface area (Å²) in [6.45, 7) is 4.17. The van der Waals surface area contributed by atoms with Gasteiger partial charge in [-0.2, -0.15) is 5.10 Å². The molecule has 20 heavy (non-hydrogen) atoms. The van der Waals surface area contributed by atoms with Crippen molar-refractivity contribution >= 4 is 10.0 Å². The highest BCUT2D eigenvalue weighted by Gasteiger charge is 2.27. The van der Waals surface area contributed by atoms with Crippen LogP contribution in [-0.2, 0) is 16.6 Å². The molecule has 1 saturated carbocycles. The molecule has 4 N–H and O–H groups in total. The molecule has 1 heterocycles. The van der Waals surface area contributed by atoms with E-state index in [-0.39, 0.29) is 17.6 Å². The topological polar surface area (TPSA) is 101 Å². The summed E-state index contributed by atoms with van der Waals surface area (Å²) in [7, 11) is -3.59. The summed E-state index contributed by atoms with van der Waals surface area (Å²) in [6.07, 6.45) is 5.09. The van der Waals surface area contributed by atoms with Crippen LogP contribution in [0.5, 0.6) is 0 Å². The van der Waals surface area contributed by atoms with E-state index in [9.17, 15) is 8.42 Å². The lowest BCUT2D eigenvalue weighted by Crippen LogP contribution is -2.35. The van der Waals surface area contributed by atoms with E-state index in [2.05, 4.69) is 21.8 Å². The van der Waals surface area contributed by atoms with Crippen molar-refractivity contribution in [2.75, 3.05) is 0 Å². The summed E-state index contributed by atoms with van der Waals surface area (Å²) in [6, 6.07) is 0.00702. The summed E-state index contributed by atoms with van der Waals surface area (Å²) in [5, 5.41) is 6.66. The van der Waals surface area contributed by atoms with Crippen LogP contribution < -0.4 is 10.5 Å². The van der Waals surface area contributed by atoms with Crippen LogP contribution in [-0.4, -0.2) is 24.7 Å². The fourth-order valence-corrected chi connectivity index (χ4v) is 4.29. The first-order valence-corrected chi connectivity index (χ1v) is 8.68. The Morgan fingerprint density at radius 3 is 2.80 bits per heavy atom. The van der Waals surface area contributed by atoms with Crippen molar-refractivity contribution in [3.8, 4) is 0 Å². The predicted molar refractivity (Wildman–Crippen MR) is 77.6 cm³/mol. The molecule has 114 valence electrons. The quantitative estimate of drug-likeness (QED) is 0.732. The number of nitrogens with zero attached hydrogens (tertiary/aromatic N) is 1. The molecule has 0 bridgehead atoms. The Labute approximate surface area is 120 Å². The smallest absolute Gasteiger partial charge is 0.260 e. The number of aromatic amines is 1. The van der Waals surface area contributed by atoms with Crippen molar-refractivity contribution in [3.63, 3.8) is 0 Å². The number of hydrogen-bond acceptors (Lipinski definition) is 4. The highest BCUT2D eigenvalue weighted by molar-refractivity contribution is 7.89. The summed E-state index contributed by atoms with van der Waals surface area (Å²) in [5.41, 5.74) is 6.90. The molecule has 0 saturated heterocycles. The number of aromatic nitrogens is 2. The number of sulfonamides is 1. The zero-order valence-electron chi connectivity index (χ0n) is 12.1. The summed E-state index contributed by atoms with van der Waals surface area (Å²) < 4.78 is 27.7. The Kier molecular flexibility index (Phi) is 4.82. The summed E-state index contributed by atoms with van der Waals surface area (Å²) in [4.78, 5) is 0. The van der Waals surface area contributed by atoms with Crippen molar-refractivity contribution in [3.05, 3.63) is 11.3 Å². The van der Waals surface area contributed by atoms with E-state index in [1.807, 2.05) is 0 Å². The van der Waals surface area contributed by atoms with Crippen LogP contribution in [0, 0.1) is 12.8 Å². The van der Waals surface area contributed by atoms with Gasteiger partial charge in [0.25, 0.3) is 10.0 Å². The minimum atomic E-state index is -3.59. The van der Waals surface area contributed by atoms with Crippen molar-refractivity contribution < 1.29 is 8.42 Å². The number of H-pyrrole nitrogens is 1. The molecule has 6 nitrogen and oxygen atoms in total. The van der Waals surface area contributed by atoms with Gasteiger partial charge >= 0.3 is 0 Å². The van der Waals surface area contributed by atoms with Crippen LogP contribution in [0.1, 0.15) is 50.3 Å². The monoisotopic (exact) mass is 300 g/mol. The molecule has 1 aliphatic rings. The molecule has 0 spiro atoms. The maximum Gasteiger partial charge on any atom is 0.260 e. The van der Waals surface area contributed by atoms with Crippen LogP contribution in [0.2, 0.25) is 0 Å². The minimum Gasteiger partial charge on any atom is -0.326 e. The maximum atomic E-state index is 12.4. The molecule has 2 atom stereocenters. The molecule has 0 aromatic carbocycles. The second kappa shape index (κ2) is 6.24. The van der Waals surface area contributed by atoms with Gasteiger partial charge in [0.2, 0.25) is 0 Å². The van der Waals surface area contributed by atoms with Crippen LogP contribution in [0.3, 0.4) is 0 Å². The van der Waals surface area contributed by atoms with Gasteiger partial charge in [0.05, 0.1) is 0 Å². The predicted octanol–water partition coefficient (Wildman–Crippen LogP) is 1.42. The number of aryl methyl sites for hydroxylation is 1. The average Bonchev–Trinajstić information content (AvgIpc) is 2.66. The van der Waals surface area contributed by atoms with Gasteiger partial charge in [-0.1, -0.05) is 19.8 Å². The highest BCUT2D eigenvalue weighted by atomic mass is 32.2. The maximum absolute atomic E-state index is 12.4. The summed E-state index contributed by atoms with van der Waals surface area (Å²) >= 11 is 0. The van der Waals surface area contributed by atoms with Gasteiger partial charge in [0.15, 0.2) is 5.03 Å². The fraction of sp³-hybridized carbons (Fsp3) is 0.769. The molecule has 0 radical (unpaired) electrons. The van der Waals surface area contributed by atoms with Gasteiger partial charge in [-0.15, -0.1) is 0 Å². The fourth-order valence-electron chi connectivity index (χ4n) is 2.77. The lowest BCUT2D eigenvalue weighted by molar-refractivity contribution is 0.483. The molecular weight excluding hydrogens is 276 g/mol. The number of nitrogens with one attached hydrogen (secondary N) is 2. The van der Waals surface area contributed by atoms with Gasteiger partial charge in [-0.25, -0.2) is 13.1 Å². The zero-order chi connectivity index (χ0) is 14.8. The zero-order valence-corrected chi connectivity index (χ0v) is 13.0. The third-order valence-corrected chi connectivity index (χ3v) is 5.56. The largest absolute Gasteiger partial charge is 0.326 e. The molecule has 2 unspecified atom stereocenters. The molecular formula is C13H24N4O2S. The van der Waals surface area contributed by atoms with E-state index in [1.54, 1.807) is 6.92 Å². The molecule has 1 fully saturated rings. The molecule has 2 rings (SSSR count). The van der Waals surface area contributed by atoms with Gasteiger partial charge in [-0.3, -0.25) is 5.10 Å². The summed E-state index contributed by atoms with van der Waals surface area (Å²) in [5.74, 6) is 0.678. The standard InChI is InChI=1S/C13H24N4O2S/c1-9-4-3-5-11(7-6-9)17-20(18,19)13-12(8-14)10(2)15-16-13/h9,11,17H,3-8,14H2,1-2H3,(H,15,16). The van der Waals surface area contributed by atoms with Gasteiger partial charge in [0.1, 0.15) is 0 Å². The normalized spacial score (nSPS) is 24.6. The Morgan fingerprint density at radius 1 is 1.35 bits per heavy atom. The van der Waals surface area contributed by atoms with Gasteiger partial charge in [-0.05, 0) is 32.1 Å². The average molecular weight is 300 g/mol. The van der Waals surface area contributed by atoms with Gasteiger partial charge < -0.3 is 5.73 Å². The third kappa shape index (κ3) is 3.39. The van der Waals surface area contributed by atoms with E-state index in [0.29, 0.717) is 17.2 Å². The van der Waals surface area contributed by atoms with E-state index in [0.717, 1.165) is 25.7 Å². The molecule has 7 heteroatoms. The van der Waals surface area contributed by atoms with E-state index >= 15 is 0 Å². The van der Waals surface area contributed by atoms with Crippen LogP contribution in [0.15, 0.2) is 5.03 Å². The number of nitrogens with two attached hydrogens (primary N) is 1. The SMILES string of the molecule is Cc1[nH]nc(S(=O)(=O)NC2CCCC(C)CC2)c1CN. The Hall–Kier alpha value is -0.920. The number of hydrogen-bond donors (Lipinski definition) is 3. The number of rotatable bonds is 4. The molecule has 1 aliphatic carbocycles. The lowest BCUT2D eigenvalue weighted by Gasteiger charge is -2.16. The van der Waals surface area contributed by atoms with Crippen LogP contribution in [0.4, 0.5) is 0 Å². The van der Waals surface area contributed by atoms with Gasteiger partial charge in [0, 0.05) is 23.8 Å². The van der Waals surface area contributed by atoms with Crippen molar-refractivity contribution in [1.29, 1.82) is 0 Å². The Bertz CT molecular complexity index is 553. The molecule has 1 aromatic rings. The van der Waals surface area contributed by atoms with Crippen molar-refractivity contribution in [1.82, 2.24) is 14.9 Å². The third-order valence-electron chi connectivity index (χ3n) is 4.07. The van der Waals surface area contributed by atoms with E-state index < -0.39 is 10.0 Å². The molecule has 0 aliphatic heterocycles. The van der Waals surface area contributed by atoms with Crippen LogP contribution >= 0.6 is 0 Å². The lowest BCUT2D eigenvalue weighted by atomic mass is 10.0. The van der Waals surface area contributed by atoms with Crippen molar-refractivity contribution in [2.24, 2.45) is 11.7 Å². The second-order valence-electron chi connectivity index (χ2n) is 5.77. The molecule has 0 amide bonds. The first kappa shape index (κ1) is 15.5. The van der Waals surface area contributed by atoms with Crippen molar-refractivity contribution in [2.45, 2.75) is 63.6 Å². The van der Waals surface area contributed by atoms with Crippen LogP contribution in [0.25, 0.3) is 0 Å². The Morgan fingerprint density at radius 2 is 2.10 bits per heavy atom. The van der Waals surface area contributed by atoms with E-state index in [4.69, 9.17) is 5.73 Å². The molecule has 1 aromatic heterocycles. The Balaban J connectivity index is 2.14. The highest BCUT2D eigenvalue weighted by Crippen LogP contribution is 2.24. The first-order chi connectivity index (χ1) is 9.44. The van der Waals surface area contributed by atoms with E-state index in [1.165, 1.54) is 6.42 Å².